The number of amides is 1. The van der Waals surface area contributed by atoms with E-state index >= 15 is 0 Å². The number of piperazine rings is 1. The summed E-state index contributed by atoms with van der Waals surface area (Å²) in [5, 5.41) is 0.716. The van der Waals surface area contributed by atoms with Crippen LogP contribution in [0.1, 0.15) is 18.4 Å². The maximum Gasteiger partial charge on any atom is 0.227 e. The molecule has 10 heteroatoms. The first-order chi connectivity index (χ1) is 16.3. The smallest absolute Gasteiger partial charge is 0.227 e. The standard InChI is InChI=1S/C24H29Cl2N3O4S/c1-33-21-7-5-20(6-8-21)27-11-13-28(14-12-27)24(30)19-3-2-10-29(16-19)34(31,32)17-18-4-9-22(25)23(26)15-18/h4-9,15,19H,2-3,10-14,16-17H2,1H3/t19-/m0/s1. The zero-order chi connectivity index (χ0) is 24.3. The van der Waals surface area contributed by atoms with Gasteiger partial charge >= 0.3 is 0 Å². The molecule has 2 fully saturated rings. The summed E-state index contributed by atoms with van der Waals surface area (Å²) in [5.74, 6) is 0.382. The summed E-state index contributed by atoms with van der Waals surface area (Å²) in [6.45, 7) is 3.38. The molecule has 0 bridgehead atoms. The molecule has 2 aromatic rings. The molecule has 2 aliphatic heterocycles. The molecule has 2 heterocycles. The second-order valence-electron chi connectivity index (χ2n) is 8.71. The fourth-order valence-corrected chi connectivity index (χ4v) is 6.48. The fourth-order valence-electron chi connectivity index (χ4n) is 4.56. The highest BCUT2D eigenvalue weighted by Crippen LogP contribution is 2.27. The largest absolute Gasteiger partial charge is 0.497 e. The number of rotatable bonds is 6. The molecule has 0 aromatic heterocycles. The number of methoxy groups -OCH3 is 1. The Morgan fingerprint density at radius 2 is 1.71 bits per heavy atom. The molecular weight excluding hydrogens is 497 g/mol. The van der Waals surface area contributed by atoms with Crippen molar-refractivity contribution in [2.24, 2.45) is 5.92 Å². The SMILES string of the molecule is COc1ccc(N2CCN(C(=O)[C@H]3CCCN(S(=O)(=O)Cc4ccc(Cl)c(Cl)c4)C3)CC2)cc1. The number of halogens is 2. The lowest BCUT2D eigenvalue weighted by atomic mass is 9.97. The molecule has 2 aliphatic rings. The molecule has 0 saturated carbocycles. The molecule has 0 N–H and O–H groups in total. The minimum absolute atomic E-state index is 0.0452. The quantitative estimate of drug-likeness (QED) is 0.572. The fraction of sp³-hybridized carbons (Fsp3) is 0.458. The van der Waals surface area contributed by atoms with E-state index in [-0.39, 0.29) is 24.1 Å². The van der Waals surface area contributed by atoms with Crippen LogP contribution in [0.4, 0.5) is 5.69 Å². The summed E-state index contributed by atoms with van der Waals surface area (Å²) in [6.07, 6.45) is 1.37. The Bertz CT molecular complexity index is 1120. The Kier molecular flexibility index (Phi) is 7.92. The number of benzene rings is 2. The summed E-state index contributed by atoms with van der Waals surface area (Å²) in [4.78, 5) is 17.4. The van der Waals surface area contributed by atoms with Crippen LogP contribution >= 0.6 is 23.2 Å². The van der Waals surface area contributed by atoms with Gasteiger partial charge in [0.25, 0.3) is 0 Å². The molecule has 4 rings (SSSR count). The van der Waals surface area contributed by atoms with Crippen molar-refractivity contribution in [2.45, 2.75) is 18.6 Å². The molecule has 0 radical (unpaired) electrons. The third-order valence-electron chi connectivity index (χ3n) is 6.49. The number of carbonyl (C=O) groups is 1. The number of nitrogens with zero attached hydrogens (tertiary/aromatic N) is 3. The van der Waals surface area contributed by atoms with Crippen LogP contribution in [0, 0.1) is 5.92 Å². The summed E-state index contributed by atoms with van der Waals surface area (Å²) in [5.41, 5.74) is 1.68. The second-order valence-corrected chi connectivity index (χ2v) is 11.5. The average Bonchev–Trinajstić information content (AvgIpc) is 2.86. The van der Waals surface area contributed by atoms with E-state index in [0.29, 0.717) is 48.1 Å². The lowest BCUT2D eigenvalue weighted by molar-refractivity contribution is -0.137. The summed E-state index contributed by atoms with van der Waals surface area (Å²) in [7, 11) is -1.93. The Hall–Kier alpha value is -2.00. The van der Waals surface area contributed by atoms with E-state index in [1.165, 1.54) is 4.31 Å². The van der Waals surface area contributed by atoms with Crippen LogP contribution in [0.15, 0.2) is 42.5 Å². The van der Waals surface area contributed by atoms with Crippen LogP contribution in [0.3, 0.4) is 0 Å². The molecule has 2 aromatic carbocycles. The first-order valence-corrected chi connectivity index (χ1v) is 13.7. The Labute approximate surface area is 211 Å². The highest BCUT2D eigenvalue weighted by Gasteiger charge is 2.35. The number of hydrogen-bond acceptors (Lipinski definition) is 5. The van der Waals surface area contributed by atoms with Gasteiger partial charge in [-0.15, -0.1) is 0 Å². The van der Waals surface area contributed by atoms with Crippen LogP contribution in [0.2, 0.25) is 10.0 Å². The number of carbonyl (C=O) groups excluding carboxylic acids is 1. The lowest BCUT2D eigenvalue weighted by Gasteiger charge is -2.39. The first kappa shape index (κ1) is 25.1. The van der Waals surface area contributed by atoms with E-state index in [9.17, 15) is 13.2 Å². The molecule has 34 heavy (non-hydrogen) atoms. The Morgan fingerprint density at radius 1 is 1.00 bits per heavy atom. The molecule has 1 atom stereocenters. The van der Waals surface area contributed by atoms with Crippen molar-refractivity contribution >= 4 is 44.8 Å². The van der Waals surface area contributed by atoms with Gasteiger partial charge in [-0.25, -0.2) is 12.7 Å². The van der Waals surface area contributed by atoms with Gasteiger partial charge in [-0.2, -0.15) is 0 Å². The third kappa shape index (κ3) is 5.79. The summed E-state index contributed by atoms with van der Waals surface area (Å²) in [6, 6.07) is 12.8. The molecule has 0 unspecified atom stereocenters. The van der Waals surface area contributed by atoms with Crippen molar-refractivity contribution in [3.05, 3.63) is 58.1 Å². The third-order valence-corrected chi connectivity index (χ3v) is 9.04. The van der Waals surface area contributed by atoms with E-state index in [0.717, 1.165) is 24.5 Å². The highest BCUT2D eigenvalue weighted by molar-refractivity contribution is 7.88. The van der Waals surface area contributed by atoms with Crippen molar-refractivity contribution in [3.8, 4) is 5.75 Å². The van der Waals surface area contributed by atoms with Crippen LogP contribution in [0.25, 0.3) is 0 Å². The van der Waals surface area contributed by atoms with Gasteiger partial charge < -0.3 is 14.5 Å². The Morgan fingerprint density at radius 3 is 2.35 bits per heavy atom. The van der Waals surface area contributed by atoms with E-state index in [2.05, 4.69) is 4.90 Å². The number of piperidine rings is 1. The van der Waals surface area contributed by atoms with Gasteiger partial charge in [0.05, 0.1) is 28.8 Å². The second kappa shape index (κ2) is 10.7. The van der Waals surface area contributed by atoms with Crippen LogP contribution < -0.4 is 9.64 Å². The number of hydrogen-bond donors (Lipinski definition) is 0. The topological polar surface area (TPSA) is 70.2 Å². The van der Waals surface area contributed by atoms with Crippen molar-refractivity contribution in [3.63, 3.8) is 0 Å². The molecule has 2 saturated heterocycles. The molecule has 1 amide bonds. The maximum absolute atomic E-state index is 13.2. The van der Waals surface area contributed by atoms with Crippen molar-refractivity contribution in [1.29, 1.82) is 0 Å². The Balaban J connectivity index is 1.34. The molecule has 7 nitrogen and oxygen atoms in total. The van der Waals surface area contributed by atoms with Gasteiger partial charge in [-0.1, -0.05) is 29.3 Å². The highest BCUT2D eigenvalue weighted by atomic mass is 35.5. The predicted octanol–water partition coefficient (Wildman–Crippen LogP) is 3.89. The molecule has 184 valence electrons. The minimum Gasteiger partial charge on any atom is -0.497 e. The normalized spacial score (nSPS) is 19.8. The van der Waals surface area contributed by atoms with E-state index in [1.54, 1.807) is 25.3 Å². The summed E-state index contributed by atoms with van der Waals surface area (Å²) >= 11 is 12.0. The van der Waals surface area contributed by atoms with Gasteiger partial charge in [-0.05, 0) is 54.8 Å². The van der Waals surface area contributed by atoms with E-state index in [1.807, 2.05) is 29.2 Å². The van der Waals surface area contributed by atoms with Crippen LogP contribution in [-0.4, -0.2) is 69.9 Å². The number of anilines is 1. The molecule has 0 aliphatic carbocycles. The minimum atomic E-state index is -3.57. The zero-order valence-electron chi connectivity index (χ0n) is 19.1. The van der Waals surface area contributed by atoms with Gasteiger partial charge in [0.2, 0.25) is 15.9 Å². The summed E-state index contributed by atoms with van der Waals surface area (Å²) < 4.78 is 32.8. The van der Waals surface area contributed by atoms with E-state index < -0.39 is 10.0 Å². The van der Waals surface area contributed by atoms with Crippen LogP contribution in [0.5, 0.6) is 5.75 Å². The monoisotopic (exact) mass is 525 g/mol. The van der Waals surface area contributed by atoms with Crippen molar-refractivity contribution in [1.82, 2.24) is 9.21 Å². The predicted molar refractivity (Wildman–Crippen MR) is 135 cm³/mol. The average molecular weight is 526 g/mol. The molecular formula is C24H29Cl2N3O4S. The first-order valence-electron chi connectivity index (χ1n) is 11.4. The van der Waals surface area contributed by atoms with Gasteiger partial charge in [0.15, 0.2) is 0 Å². The van der Waals surface area contributed by atoms with Crippen molar-refractivity contribution < 1.29 is 17.9 Å². The van der Waals surface area contributed by atoms with Gasteiger partial charge in [-0.3, -0.25) is 4.79 Å². The van der Waals surface area contributed by atoms with Crippen molar-refractivity contribution in [2.75, 3.05) is 51.3 Å². The molecule has 0 spiro atoms. The van der Waals surface area contributed by atoms with Gasteiger partial charge in [0.1, 0.15) is 5.75 Å². The van der Waals surface area contributed by atoms with Gasteiger partial charge in [0, 0.05) is 45.0 Å². The number of ether oxygens (including phenoxy) is 1. The maximum atomic E-state index is 13.2. The van der Waals surface area contributed by atoms with Crippen LogP contribution in [-0.2, 0) is 20.6 Å². The number of sulfonamides is 1. The van der Waals surface area contributed by atoms with E-state index in [4.69, 9.17) is 27.9 Å². The zero-order valence-corrected chi connectivity index (χ0v) is 21.4. The lowest BCUT2D eigenvalue weighted by Crippen LogP contribution is -2.53.